The van der Waals surface area contributed by atoms with Gasteiger partial charge in [0.05, 0.1) is 12.5 Å². The molecule has 0 aromatic carbocycles. The van der Waals surface area contributed by atoms with Gasteiger partial charge in [-0.25, -0.2) is 0 Å². The Bertz CT molecular complexity index is 228. The van der Waals surface area contributed by atoms with E-state index in [0.717, 1.165) is 19.5 Å². The number of nitrogens with one attached hydrogen (secondary N) is 1. The molecule has 88 valence electrons. The largest absolute Gasteiger partial charge is 0.466 e. The molecule has 1 N–H and O–H groups in total. The van der Waals surface area contributed by atoms with Crippen LogP contribution in [0.2, 0.25) is 0 Å². The van der Waals surface area contributed by atoms with Gasteiger partial charge >= 0.3 is 5.97 Å². The molecule has 0 radical (unpaired) electrons. The van der Waals surface area contributed by atoms with Crippen LogP contribution in [0.1, 0.15) is 34.1 Å². The molecule has 1 rings (SSSR count). The first-order valence-corrected chi connectivity index (χ1v) is 5.95. The fourth-order valence-corrected chi connectivity index (χ4v) is 2.72. The first-order chi connectivity index (χ1) is 7.08. The molecule has 1 aliphatic heterocycles. The maximum Gasteiger partial charge on any atom is 0.310 e. The van der Waals surface area contributed by atoms with Crippen molar-refractivity contribution in [2.75, 3.05) is 19.7 Å². The van der Waals surface area contributed by atoms with Gasteiger partial charge < -0.3 is 10.1 Å². The zero-order valence-electron chi connectivity index (χ0n) is 10.3. The second-order valence-corrected chi connectivity index (χ2v) is 4.68. The third-order valence-corrected chi connectivity index (χ3v) is 3.88. The van der Waals surface area contributed by atoms with Crippen molar-refractivity contribution in [2.45, 2.75) is 34.1 Å². The van der Waals surface area contributed by atoms with Crippen molar-refractivity contribution in [3.8, 4) is 0 Å². The Balaban J connectivity index is 2.82. The van der Waals surface area contributed by atoms with Crippen LogP contribution in [0.3, 0.4) is 0 Å². The first kappa shape index (κ1) is 12.5. The quantitative estimate of drug-likeness (QED) is 0.724. The van der Waals surface area contributed by atoms with E-state index in [1.165, 1.54) is 0 Å². The summed E-state index contributed by atoms with van der Waals surface area (Å²) in [6, 6.07) is 0. The minimum atomic E-state index is -0.0296. The molecule has 2 atom stereocenters. The highest BCUT2D eigenvalue weighted by Crippen LogP contribution is 2.42. The van der Waals surface area contributed by atoms with Crippen LogP contribution >= 0.6 is 0 Å². The summed E-state index contributed by atoms with van der Waals surface area (Å²) in [6.07, 6.45) is 1.03. The van der Waals surface area contributed by atoms with Crippen LogP contribution in [0.25, 0.3) is 0 Å². The van der Waals surface area contributed by atoms with Gasteiger partial charge in [-0.2, -0.15) is 0 Å². The van der Waals surface area contributed by atoms with Crippen molar-refractivity contribution in [1.29, 1.82) is 0 Å². The lowest BCUT2D eigenvalue weighted by Gasteiger charge is -2.36. The number of esters is 1. The number of hydrogen-bond donors (Lipinski definition) is 1. The van der Waals surface area contributed by atoms with Gasteiger partial charge in [-0.3, -0.25) is 4.79 Å². The van der Waals surface area contributed by atoms with Crippen LogP contribution in [0, 0.1) is 17.3 Å². The van der Waals surface area contributed by atoms with Crippen molar-refractivity contribution in [2.24, 2.45) is 17.3 Å². The van der Waals surface area contributed by atoms with Crippen LogP contribution in [-0.4, -0.2) is 25.7 Å². The zero-order chi connectivity index (χ0) is 11.5. The van der Waals surface area contributed by atoms with E-state index >= 15 is 0 Å². The van der Waals surface area contributed by atoms with Gasteiger partial charge in [0.1, 0.15) is 0 Å². The highest BCUT2D eigenvalue weighted by Gasteiger charge is 2.48. The maximum atomic E-state index is 11.9. The predicted molar refractivity (Wildman–Crippen MR) is 60.6 cm³/mol. The molecule has 2 unspecified atom stereocenters. The van der Waals surface area contributed by atoms with Crippen molar-refractivity contribution < 1.29 is 9.53 Å². The molecule has 0 aromatic rings. The minimum absolute atomic E-state index is 0.0296. The Morgan fingerprint density at radius 3 is 2.67 bits per heavy atom. The standard InChI is InChI=1S/C12H23NO2/c1-5-12(9(3)4)8-13-7-10(12)11(14)15-6-2/h9-10,13H,5-8H2,1-4H3. The summed E-state index contributed by atoms with van der Waals surface area (Å²) in [7, 11) is 0. The van der Waals surface area contributed by atoms with Crippen molar-refractivity contribution in [3.63, 3.8) is 0 Å². The molecule has 0 aromatic heterocycles. The molecular weight excluding hydrogens is 190 g/mol. The van der Waals surface area contributed by atoms with Crippen LogP contribution < -0.4 is 5.32 Å². The van der Waals surface area contributed by atoms with E-state index in [4.69, 9.17) is 4.74 Å². The molecule has 0 saturated carbocycles. The van der Waals surface area contributed by atoms with Gasteiger partial charge in [0.25, 0.3) is 0 Å². The van der Waals surface area contributed by atoms with E-state index in [-0.39, 0.29) is 17.3 Å². The molecule has 3 nitrogen and oxygen atoms in total. The van der Waals surface area contributed by atoms with E-state index in [1.807, 2.05) is 6.92 Å². The summed E-state index contributed by atoms with van der Waals surface area (Å²) in [5.74, 6) is 0.507. The van der Waals surface area contributed by atoms with Gasteiger partial charge in [0, 0.05) is 13.1 Å². The Kier molecular flexibility index (Phi) is 4.14. The molecule has 0 amide bonds. The smallest absolute Gasteiger partial charge is 0.310 e. The fraction of sp³-hybridized carbons (Fsp3) is 0.917. The third-order valence-electron chi connectivity index (χ3n) is 3.88. The fourth-order valence-electron chi connectivity index (χ4n) is 2.72. The lowest BCUT2D eigenvalue weighted by Crippen LogP contribution is -2.39. The van der Waals surface area contributed by atoms with Crippen LogP contribution in [0.15, 0.2) is 0 Å². The molecule has 0 spiro atoms. The van der Waals surface area contributed by atoms with Gasteiger partial charge in [-0.05, 0) is 24.7 Å². The normalized spacial score (nSPS) is 30.9. The summed E-state index contributed by atoms with van der Waals surface area (Å²) in [4.78, 5) is 11.9. The summed E-state index contributed by atoms with van der Waals surface area (Å²) >= 11 is 0. The van der Waals surface area contributed by atoms with E-state index in [9.17, 15) is 4.79 Å². The highest BCUT2D eigenvalue weighted by molar-refractivity contribution is 5.74. The summed E-state index contributed by atoms with van der Waals surface area (Å²) in [5.41, 5.74) is 0.0895. The molecule has 1 aliphatic rings. The van der Waals surface area contributed by atoms with Crippen LogP contribution in [0.5, 0.6) is 0 Å². The minimum Gasteiger partial charge on any atom is -0.466 e. The van der Waals surface area contributed by atoms with Crippen molar-refractivity contribution >= 4 is 5.97 Å². The van der Waals surface area contributed by atoms with Crippen molar-refractivity contribution in [1.82, 2.24) is 5.32 Å². The van der Waals surface area contributed by atoms with Crippen LogP contribution in [0.4, 0.5) is 0 Å². The predicted octanol–water partition coefficient (Wildman–Crippen LogP) is 1.82. The van der Waals surface area contributed by atoms with Gasteiger partial charge in [-0.1, -0.05) is 20.8 Å². The lowest BCUT2D eigenvalue weighted by atomic mass is 9.68. The lowest BCUT2D eigenvalue weighted by molar-refractivity contribution is -0.152. The van der Waals surface area contributed by atoms with E-state index in [0.29, 0.717) is 12.5 Å². The van der Waals surface area contributed by atoms with E-state index in [1.54, 1.807) is 0 Å². The Morgan fingerprint density at radius 1 is 1.53 bits per heavy atom. The molecular formula is C12H23NO2. The first-order valence-electron chi connectivity index (χ1n) is 5.95. The molecule has 1 saturated heterocycles. The summed E-state index contributed by atoms with van der Waals surface area (Å²) in [5, 5.41) is 3.33. The summed E-state index contributed by atoms with van der Waals surface area (Å²) in [6.45, 7) is 10.6. The average Bonchev–Trinajstić information content (AvgIpc) is 2.62. The van der Waals surface area contributed by atoms with Gasteiger partial charge in [0.15, 0.2) is 0 Å². The second kappa shape index (κ2) is 4.97. The number of carbonyl (C=O) groups is 1. The average molecular weight is 213 g/mol. The number of rotatable bonds is 4. The number of ether oxygens (including phenoxy) is 1. The third kappa shape index (κ3) is 2.17. The van der Waals surface area contributed by atoms with Gasteiger partial charge in [-0.15, -0.1) is 0 Å². The molecule has 15 heavy (non-hydrogen) atoms. The van der Waals surface area contributed by atoms with Crippen LogP contribution in [-0.2, 0) is 9.53 Å². The number of carbonyl (C=O) groups excluding carboxylic acids is 1. The molecule has 1 heterocycles. The molecule has 0 aliphatic carbocycles. The molecule has 3 heteroatoms. The highest BCUT2D eigenvalue weighted by atomic mass is 16.5. The second-order valence-electron chi connectivity index (χ2n) is 4.68. The monoisotopic (exact) mass is 213 g/mol. The van der Waals surface area contributed by atoms with E-state index < -0.39 is 0 Å². The Morgan fingerprint density at radius 2 is 2.20 bits per heavy atom. The van der Waals surface area contributed by atoms with Gasteiger partial charge in [0.2, 0.25) is 0 Å². The van der Waals surface area contributed by atoms with E-state index in [2.05, 4.69) is 26.1 Å². The zero-order valence-corrected chi connectivity index (χ0v) is 10.3. The number of hydrogen-bond acceptors (Lipinski definition) is 3. The van der Waals surface area contributed by atoms with Crippen molar-refractivity contribution in [3.05, 3.63) is 0 Å². The SMILES string of the molecule is CCOC(=O)C1CNCC1(CC)C(C)C. The maximum absolute atomic E-state index is 11.9. The molecule has 0 bridgehead atoms. The Labute approximate surface area is 92.6 Å². The molecule has 1 fully saturated rings. The summed E-state index contributed by atoms with van der Waals surface area (Å²) < 4.78 is 5.15. The Hall–Kier alpha value is -0.570. The topological polar surface area (TPSA) is 38.3 Å².